The molecule has 1 saturated carbocycles. The molecule has 3 amide bonds. The molecule has 4 rings (SSSR count). The molecule has 1 aliphatic heterocycles. The first-order chi connectivity index (χ1) is 15.2. The quantitative estimate of drug-likeness (QED) is 0.627. The number of ether oxygens (including phenoxy) is 2. The molecule has 0 bridgehead atoms. The highest BCUT2D eigenvalue weighted by Gasteiger charge is 2.23. The highest BCUT2D eigenvalue weighted by Crippen LogP contribution is 2.25. The average Bonchev–Trinajstić information content (AvgIpc) is 3.49. The van der Waals surface area contributed by atoms with Gasteiger partial charge in [-0.3, -0.25) is 4.79 Å². The zero-order chi connectivity index (χ0) is 21.5. The van der Waals surface area contributed by atoms with E-state index in [1.807, 2.05) is 12.1 Å². The number of urea groups is 1. The summed E-state index contributed by atoms with van der Waals surface area (Å²) in [4.78, 5) is 28.7. The van der Waals surface area contributed by atoms with Crippen LogP contribution in [0.25, 0.3) is 0 Å². The predicted molar refractivity (Wildman–Crippen MR) is 117 cm³/mol. The minimum atomic E-state index is -0.376. The largest absolute Gasteiger partial charge is 0.474 e. The number of amides is 3. The van der Waals surface area contributed by atoms with Crippen LogP contribution in [0.1, 0.15) is 44.1 Å². The van der Waals surface area contributed by atoms with Crippen molar-refractivity contribution in [3.05, 3.63) is 48.2 Å². The first kappa shape index (κ1) is 21.1. The Morgan fingerprint density at radius 2 is 1.74 bits per heavy atom. The molecule has 1 unspecified atom stereocenters. The SMILES string of the molecule is O=C(NCc1cccnc1OC1CCCC1)Nc1ccc(NC(=O)C2CCCO2)cc1. The van der Waals surface area contributed by atoms with Crippen molar-refractivity contribution in [1.82, 2.24) is 10.3 Å². The van der Waals surface area contributed by atoms with Gasteiger partial charge >= 0.3 is 6.03 Å². The lowest BCUT2D eigenvalue weighted by molar-refractivity contribution is -0.124. The van der Waals surface area contributed by atoms with E-state index in [0.29, 0.717) is 30.4 Å². The van der Waals surface area contributed by atoms with Gasteiger partial charge in [-0.2, -0.15) is 0 Å². The predicted octanol–water partition coefficient (Wildman–Crippen LogP) is 3.84. The van der Waals surface area contributed by atoms with Gasteiger partial charge in [0.05, 0.1) is 0 Å². The summed E-state index contributed by atoms with van der Waals surface area (Å²) in [6.07, 6.45) is 7.66. The monoisotopic (exact) mass is 424 g/mol. The molecule has 8 heteroatoms. The van der Waals surface area contributed by atoms with Gasteiger partial charge in [0.1, 0.15) is 12.2 Å². The molecular weight excluding hydrogens is 396 g/mol. The van der Waals surface area contributed by atoms with E-state index in [1.165, 1.54) is 12.8 Å². The van der Waals surface area contributed by atoms with Crippen molar-refractivity contribution in [2.45, 2.75) is 57.3 Å². The van der Waals surface area contributed by atoms with Crippen LogP contribution in [0.4, 0.5) is 16.2 Å². The minimum absolute atomic E-state index is 0.136. The smallest absolute Gasteiger partial charge is 0.319 e. The summed E-state index contributed by atoms with van der Waals surface area (Å²) in [7, 11) is 0. The third-order valence-electron chi connectivity index (χ3n) is 5.50. The van der Waals surface area contributed by atoms with Gasteiger partial charge in [-0.25, -0.2) is 9.78 Å². The van der Waals surface area contributed by atoms with E-state index in [1.54, 1.807) is 30.5 Å². The Kier molecular flexibility index (Phi) is 6.99. The summed E-state index contributed by atoms with van der Waals surface area (Å²) in [5.74, 6) is 0.448. The van der Waals surface area contributed by atoms with Gasteiger partial charge in [0, 0.05) is 36.3 Å². The number of nitrogens with one attached hydrogen (secondary N) is 3. The van der Waals surface area contributed by atoms with Crippen LogP contribution in [-0.4, -0.2) is 35.7 Å². The maximum Gasteiger partial charge on any atom is 0.319 e. The molecule has 1 saturated heterocycles. The van der Waals surface area contributed by atoms with Crippen molar-refractivity contribution in [3.63, 3.8) is 0 Å². The van der Waals surface area contributed by atoms with Crippen LogP contribution in [-0.2, 0) is 16.1 Å². The molecule has 3 N–H and O–H groups in total. The maximum atomic E-state index is 12.3. The number of carbonyl (C=O) groups is 2. The van der Waals surface area contributed by atoms with Crippen molar-refractivity contribution in [1.29, 1.82) is 0 Å². The number of hydrogen-bond acceptors (Lipinski definition) is 5. The lowest BCUT2D eigenvalue weighted by Crippen LogP contribution is -2.29. The maximum absolute atomic E-state index is 12.3. The highest BCUT2D eigenvalue weighted by atomic mass is 16.5. The van der Waals surface area contributed by atoms with Gasteiger partial charge in [-0.15, -0.1) is 0 Å². The van der Waals surface area contributed by atoms with Crippen LogP contribution in [0.5, 0.6) is 5.88 Å². The molecule has 1 aromatic carbocycles. The van der Waals surface area contributed by atoms with E-state index in [0.717, 1.165) is 31.2 Å². The fraction of sp³-hybridized carbons (Fsp3) is 0.435. The molecule has 2 fully saturated rings. The zero-order valence-electron chi connectivity index (χ0n) is 17.4. The van der Waals surface area contributed by atoms with Crippen molar-refractivity contribution >= 4 is 23.3 Å². The summed E-state index contributed by atoms with van der Waals surface area (Å²) >= 11 is 0. The number of carbonyl (C=O) groups excluding carboxylic acids is 2. The Bertz CT molecular complexity index is 891. The molecule has 1 aliphatic carbocycles. The third-order valence-corrected chi connectivity index (χ3v) is 5.50. The van der Waals surface area contributed by atoms with E-state index < -0.39 is 0 Å². The molecule has 0 spiro atoms. The standard InChI is InChI=1S/C23H28N4O4/c28-21(20-8-4-14-30-20)26-17-9-11-18(12-10-17)27-23(29)25-15-16-5-3-13-24-22(16)31-19-6-1-2-7-19/h3,5,9-13,19-20H,1-2,4,6-8,14-15H2,(H,26,28)(H2,25,27,29). The van der Waals surface area contributed by atoms with Crippen molar-refractivity contribution in [2.75, 3.05) is 17.2 Å². The summed E-state index contributed by atoms with van der Waals surface area (Å²) in [5, 5.41) is 8.47. The Morgan fingerprint density at radius 1 is 1.00 bits per heavy atom. The van der Waals surface area contributed by atoms with Crippen LogP contribution in [0.3, 0.4) is 0 Å². The second-order valence-corrected chi connectivity index (χ2v) is 7.87. The second kappa shape index (κ2) is 10.3. The summed E-state index contributed by atoms with van der Waals surface area (Å²) in [5.41, 5.74) is 2.13. The van der Waals surface area contributed by atoms with E-state index in [2.05, 4.69) is 20.9 Å². The Morgan fingerprint density at radius 3 is 2.45 bits per heavy atom. The summed E-state index contributed by atoms with van der Waals surface area (Å²) < 4.78 is 11.4. The van der Waals surface area contributed by atoms with Crippen molar-refractivity contribution in [2.24, 2.45) is 0 Å². The normalized spacial score (nSPS) is 18.5. The number of nitrogens with zero attached hydrogens (tertiary/aromatic N) is 1. The number of hydrogen-bond donors (Lipinski definition) is 3. The summed E-state index contributed by atoms with van der Waals surface area (Å²) in [6, 6.07) is 10.4. The van der Waals surface area contributed by atoms with E-state index in [9.17, 15) is 9.59 Å². The average molecular weight is 425 g/mol. The molecular formula is C23H28N4O4. The highest BCUT2D eigenvalue weighted by molar-refractivity contribution is 5.95. The van der Waals surface area contributed by atoms with E-state index in [-0.39, 0.29) is 24.1 Å². The van der Waals surface area contributed by atoms with Gasteiger partial charge < -0.3 is 25.4 Å². The van der Waals surface area contributed by atoms with Gasteiger partial charge in [0.15, 0.2) is 0 Å². The first-order valence-corrected chi connectivity index (χ1v) is 10.9. The molecule has 31 heavy (non-hydrogen) atoms. The van der Waals surface area contributed by atoms with Gasteiger partial charge in [0.2, 0.25) is 5.88 Å². The lowest BCUT2D eigenvalue weighted by atomic mass is 10.2. The number of pyridine rings is 1. The zero-order valence-corrected chi connectivity index (χ0v) is 17.4. The van der Waals surface area contributed by atoms with E-state index >= 15 is 0 Å². The first-order valence-electron chi connectivity index (χ1n) is 10.9. The molecule has 0 radical (unpaired) electrons. The number of anilines is 2. The fourth-order valence-electron chi connectivity index (χ4n) is 3.82. The molecule has 8 nitrogen and oxygen atoms in total. The number of rotatable bonds is 7. The minimum Gasteiger partial charge on any atom is -0.474 e. The molecule has 1 aromatic heterocycles. The number of benzene rings is 1. The molecule has 2 aromatic rings. The van der Waals surface area contributed by atoms with Crippen LogP contribution in [0.15, 0.2) is 42.6 Å². The second-order valence-electron chi connectivity index (χ2n) is 7.87. The molecule has 2 heterocycles. The molecule has 1 atom stereocenters. The van der Waals surface area contributed by atoms with Gasteiger partial charge in [-0.05, 0) is 68.9 Å². The topological polar surface area (TPSA) is 102 Å². The number of aromatic nitrogens is 1. The van der Waals surface area contributed by atoms with Gasteiger partial charge in [-0.1, -0.05) is 6.07 Å². The van der Waals surface area contributed by atoms with Crippen LogP contribution in [0.2, 0.25) is 0 Å². The van der Waals surface area contributed by atoms with Crippen molar-refractivity contribution in [3.8, 4) is 5.88 Å². The summed E-state index contributed by atoms with van der Waals surface area (Å²) in [6.45, 7) is 0.945. The molecule has 164 valence electrons. The Labute approximate surface area is 181 Å². The third kappa shape index (κ3) is 5.95. The van der Waals surface area contributed by atoms with Crippen LogP contribution in [0, 0.1) is 0 Å². The van der Waals surface area contributed by atoms with Crippen LogP contribution < -0.4 is 20.7 Å². The molecule has 2 aliphatic rings. The van der Waals surface area contributed by atoms with E-state index in [4.69, 9.17) is 9.47 Å². The Hall–Kier alpha value is -3.13. The Balaban J connectivity index is 1.26. The lowest BCUT2D eigenvalue weighted by Gasteiger charge is -2.15. The van der Waals surface area contributed by atoms with Crippen molar-refractivity contribution < 1.29 is 19.1 Å². The van der Waals surface area contributed by atoms with Crippen LogP contribution >= 0.6 is 0 Å². The van der Waals surface area contributed by atoms with Gasteiger partial charge in [0.25, 0.3) is 5.91 Å². The fourth-order valence-corrected chi connectivity index (χ4v) is 3.82.